The number of amides is 2. The number of rotatable bonds is 10. The average Bonchev–Trinajstić information content (AvgIpc) is 3.78. The summed E-state index contributed by atoms with van der Waals surface area (Å²) >= 11 is 6.06. The SMILES string of the molecule is CNc1cc([C@](O)(CNC(=O)c2cc(OC)c3nn(C4CC4)cc3c2)c2cc3c(c(-c4cc(Cl)c(F)cc4F)n2)OC[C@]3(C)C(N)=O)ccn1. The van der Waals surface area contributed by atoms with Gasteiger partial charge >= 0.3 is 0 Å². The van der Waals surface area contributed by atoms with Crippen molar-refractivity contribution in [3.63, 3.8) is 0 Å². The molecule has 5 N–H and O–H groups in total. The van der Waals surface area contributed by atoms with Gasteiger partial charge in [-0.15, -0.1) is 0 Å². The zero-order valence-corrected chi connectivity index (χ0v) is 27.9. The maximum Gasteiger partial charge on any atom is 0.251 e. The molecule has 1 saturated carbocycles. The number of benzene rings is 2. The van der Waals surface area contributed by atoms with Gasteiger partial charge in [0.25, 0.3) is 5.91 Å². The molecule has 2 aliphatic rings. The molecule has 5 aromatic rings. The fraction of sp³-hybridized carbons (Fsp3) is 0.286. The predicted molar refractivity (Wildman–Crippen MR) is 180 cm³/mol. The number of methoxy groups -OCH3 is 1. The van der Waals surface area contributed by atoms with Crippen LogP contribution in [0.4, 0.5) is 14.6 Å². The van der Waals surface area contributed by atoms with Crippen LogP contribution in [0, 0.1) is 11.6 Å². The summed E-state index contributed by atoms with van der Waals surface area (Å²) in [4.78, 5) is 35.5. The fourth-order valence-corrected chi connectivity index (χ4v) is 6.26. The number of ether oxygens (including phenoxy) is 2. The third kappa shape index (κ3) is 5.53. The molecule has 7 rings (SSSR count). The van der Waals surface area contributed by atoms with Crippen LogP contribution in [0.5, 0.6) is 11.5 Å². The van der Waals surface area contributed by atoms with Gasteiger partial charge in [-0.3, -0.25) is 14.3 Å². The highest BCUT2D eigenvalue weighted by molar-refractivity contribution is 6.31. The highest BCUT2D eigenvalue weighted by atomic mass is 35.5. The molecular weight excluding hydrogens is 672 g/mol. The lowest BCUT2D eigenvalue weighted by molar-refractivity contribution is -0.123. The van der Waals surface area contributed by atoms with Gasteiger partial charge in [-0.25, -0.2) is 18.7 Å². The van der Waals surface area contributed by atoms with E-state index in [-0.39, 0.29) is 51.0 Å². The second-order valence-corrected chi connectivity index (χ2v) is 13.1. The number of carbonyl (C=O) groups excluding carboxylic acids is 2. The van der Waals surface area contributed by atoms with E-state index in [0.29, 0.717) is 34.6 Å². The Morgan fingerprint density at radius 2 is 1.98 bits per heavy atom. The number of aliphatic hydroxyl groups is 1. The van der Waals surface area contributed by atoms with Crippen molar-refractivity contribution in [2.45, 2.75) is 36.8 Å². The van der Waals surface area contributed by atoms with Crippen LogP contribution in [0.2, 0.25) is 5.02 Å². The van der Waals surface area contributed by atoms with Crippen molar-refractivity contribution in [1.29, 1.82) is 0 Å². The zero-order valence-electron chi connectivity index (χ0n) is 27.2. The lowest BCUT2D eigenvalue weighted by Gasteiger charge is -2.30. The van der Waals surface area contributed by atoms with E-state index >= 15 is 4.39 Å². The van der Waals surface area contributed by atoms with Crippen LogP contribution in [0.25, 0.3) is 22.2 Å². The summed E-state index contributed by atoms with van der Waals surface area (Å²) in [6.07, 6.45) is 5.37. The van der Waals surface area contributed by atoms with E-state index in [2.05, 4.69) is 25.7 Å². The van der Waals surface area contributed by atoms with Gasteiger partial charge in [0.2, 0.25) is 5.91 Å². The fourth-order valence-electron chi connectivity index (χ4n) is 6.10. The van der Waals surface area contributed by atoms with E-state index in [9.17, 15) is 19.1 Å². The molecule has 2 amide bonds. The Morgan fingerprint density at radius 1 is 1.20 bits per heavy atom. The molecule has 1 aliphatic heterocycles. The summed E-state index contributed by atoms with van der Waals surface area (Å²) in [7, 11) is 3.14. The molecule has 0 unspecified atom stereocenters. The van der Waals surface area contributed by atoms with E-state index in [4.69, 9.17) is 26.8 Å². The van der Waals surface area contributed by atoms with Crippen LogP contribution in [0.3, 0.4) is 0 Å². The van der Waals surface area contributed by atoms with Gasteiger partial charge in [0, 0.05) is 47.6 Å². The van der Waals surface area contributed by atoms with Crippen molar-refractivity contribution >= 4 is 40.1 Å². The molecule has 258 valence electrons. The first kappa shape index (κ1) is 33.2. The Hall–Kier alpha value is -5.34. The molecule has 2 atom stereocenters. The van der Waals surface area contributed by atoms with Gasteiger partial charge in [-0.1, -0.05) is 11.6 Å². The topological polar surface area (TPSA) is 167 Å². The summed E-state index contributed by atoms with van der Waals surface area (Å²) in [5.41, 5.74) is 3.10. The lowest BCUT2D eigenvalue weighted by Crippen LogP contribution is -2.43. The van der Waals surface area contributed by atoms with Crippen molar-refractivity contribution < 1.29 is 33.0 Å². The Morgan fingerprint density at radius 3 is 2.68 bits per heavy atom. The van der Waals surface area contributed by atoms with Crippen LogP contribution < -0.4 is 25.8 Å². The molecule has 0 bridgehead atoms. The number of nitrogens with one attached hydrogen (secondary N) is 2. The number of nitrogens with zero attached hydrogens (tertiary/aromatic N) is 4. The molecule has 3 aromatic heterocycles. The Bertz CT molecular complexity index is 2210. The van der Waals surface area contributed by atoms with Crippen molar-refractivity contribution in [2.75, 3.05) is 32.6 Å². The molecule has 1 fully saturated rings. The maximum atomic E-state index is 15.4. The van der Waals surface area contributed by atoms with Crippen LogP contribution in [-0.2, 0) is 15.8 Å². The minimum absolute atomic E-state index is 0.0146. The normalized spacial score (nSPS) is 17.9. The van der Waals surface area contributed by atoms with Gasteiger partial charge in [0.05, 0.1) is 30.4 Å². The van der Waals surface area contributed by atoms with Crippen LogP contribution in [0.15, 0.2) is 54.9 Å². The minimum atomic E-state index is -2.12. The standard InChI is InChI=1S/C35H32ClF2N7O5/c1-34(33(39)47)16-50-31-22(34)12-27(43-30(31)21-11-23(36)25(38)13-24(21)37)35(48,19-6-7-41-28(10-19)40-2)15-42-32(46)17-8-18-14-45(20-4-5-20)44-29(18)26(9-17)49-3/h6-14,20,48H,4-5,15-16H2,1-3H3,(H2,39,47)(H,40,41)(H,42,46)/t34-,35+/m0/s1. The van der Waals surface area contributed by atoms with E-state index < -0.39 is 41.0 Å². The van der Waals surface area contributed by atoms with E-state index in [1.54, 1.807) is 32.2 Å². The summed E-state index contributed by atoms with van der Waals surface area (Å²) in [6.45, 7) is 0.888. The number of halogens is 3. The van der Waals surface area contributed by atoms with Gasteiger partial charge in [-0.05, 0) is 61.7 Å². The summed E-state index contributed by atoms with van der Waals surface area (Å²) in [5.74, 6) is -2.49. The van der Waals surface area contributed by atoms with Crippen molar-refractivity contribution in [2.24, 2.45) is 5.73 Å². The molecule has 1 aliphatic carbocycles. The highest BCUT2D eigenvalue weighted by Crippen LogP contribution is 2.47. The highest BCUT2D eigenvalue weighted by Gasteiger charge is 2.46. The molecule has 0 spiro atoms. The van der Waals surface area contributed by atoms with Crippen molar-refractivity contribution in [3.05, 3.63) is 93.9 Å². The first-order valence-corrected chi connectivity index (χ1v) is 16.1. The summed E-state index contributed by atoms with van der Waals surface area (Å²) < 4.78 is 43.0. The monoisotopic (exact) mass is 703 g/mol. The van der Waals surface area contributed by atoms with E-state index in [1.165, 1.54) is 25.4 Å². The summed E-state index contributed by atoms with van der Waals surface area (Å²) in [5, 5.41) is 23.4. The van der Waals surface area contributed by atoms with Crippen molar-refractivity contribution in [1.82, 2.24) is 25.1 Å². The largest absolute Gasteiger partial charge is 0.494 e. The minimum Gasteiger partial charge on any atom is -0.494 e. The number of nitrogens with two attached hydrogens (primary N) is 1. The second kappa shape index (κ2) is 12.2. The van der Waals surface area contributed by atoms with Crippen LogP contribution >= 0.6 is 11.6 Å². The van der Waals surface area contributed by atoms with E-state index in [1.807, 2.05) is 10.9 Å². The zero-order chi connectivity index (χ0) is 35.5. The third-order valence-electron chi connectivity index (χ3n) is 9.30. The van der Waals surface area contributed by atoms with Gasteiger partial charge in [-0.2, -0.15) is 5.10 Å². The predicted octanol–water partition coefficient (Wildman–Crippen LogP) is 4.61. The number of hydrogen-bond acceptors (Lipinski definition) is 9. The second-order valence-electron chi connectivity index (χ2n) is 12.6. The van der Waals surface area contributed by atoms with Gasteiger partial charge in [0.15, 0.2) is 0 Å². The van der Waals surface area contributed by atoms with Crippen LogP contribution in [-0.4, -0.2) is 64.0 Å². The average molecular weight is 704 g/mol. The molecule has 0 saturated heterocycles. The molecule has 2 aromatic carbocycles. The maximum absolute atomic E-state index is 15.4. The first-order valence-electron chi connectivity index (χ1n) is 15.7. The smallest absolute Gasteiger partial charge is 0.251 e. The molecule has 15 heteroatoms. The van der Waals surface area contributed by atoms with Gasteiger partial charge in [0.1, 0.15) is 57.8 Å². The molecule has 4 heterocycles. The number of anilines is 1. The van der Waals surface area contributed by atoms with Gasteiger partial charge < -0.3 is 30.9 Å². The molecule has 50 heavy (non-hydrogen) atoms. The number of aromatic nitrogens is 4. The Labute approximate surface area is 289 Å². The Balaban J connectivity index is 1.36. The Kier molecular flexibility index (Phi) is 8.10. The lowest BCUT2D eigenvalue weighted by atomic mass is 9.80. The van der Waals surface area contributed by atoms with E-state index in [0.717, 1.165) is 18.9 Å². The molecule has 12 nitrogen and oxygen atoms in total. The molecular formula is C35H32ClF2N7O5. The first-order chi connectivity index (χ1) is 23.9. The number of fused-ring (bicyclic) bond motifs is 2. The molecule has 0 radical (unpaired) electrons. The van der Waals surface area contributed by atoms with Crippen LogP contribution in [0.1, 0.15) is 53.0 Å². The number of pyridine rings is 2. The number of carbonyl (C=O) groups is 2. The third-order valence-corrected chi connectivity index (χ3v) is 9.59. The number of hydrogen-bond donors (Lipinski definition) is 4. The summed E-state index contributed by atoms with van der Waals surface area (Å²) in [6, 6.07) is 9.74. The number of primary amides is 1. The quantitative estimate of drug-likeness (QED) is 0.152. The van der Waals surface area contributed by atoms with Crippen molar-refractivity contribution in [3.8, 4) is 22.8 Å².